The smallest absolute Gasteiger partial charge is 0.217 e. The number of carbonyl (C=O) groups is 1. The van der Waals surface area contributed by atoms with Crippen LogP contribution in [0.5, 0.6) is 0 Å². The molecule has 27 heavy (non-hydrogen) atoms. The van der Waals surface area contributed by atoms with Crippen LogP contribution in [0.2, 0.25) is 0 Å². The summed E-state index contributed by atoms with van der Waals surface area (Å²) in [5, 5.41) is 6.74. The molecule has 1 saturated carbocycles. The van der Waals surface area contributed by atoms with E-state index in [0.29, 0.717) is 12.1 Å². The van der Waals surface area contributed by atoms with E-state index >= 15 is 0 Å². The summed E-state index contributed by atoms with van der Waals surface area (Å²) in [6, 6.07) is 5.01. The summed E-state index contributed by atoms with van der Waals surface area (Å²) in [4.78, 5) is 22.7. The molecule has 4 rings (SSSR count). The van der Waals surface area contributed by atoms with Gasteiger partial charge in [0.1, 0.15) is 5.52 Å². The largest absolute Gasteiger partial charge is 0.380 e. The minimum absolute atomic E-state index is 0.0610. The highest BCUT2D eigenvalue weighted by molar-refractivity contribution is 5.91. The van der Waals surface area contributed by atoms with Crippen LogP contribution in [-0.2, 0) is 9.53 Å². The molecule has 2 aliphatic rings. The van der Waals surface area contributed by atoms with Crippen LogP contribution in [0.3, 0.4) is 0 Å². The van der Waals surface area contributed by atoms with Crippen molar-refractivity contribution >= 4 is 28.3 Å². The Balaban J connectivity index is 1.53. The number of morpholine rings is 1. The summed E-state index contributed by atoms with van der Waals surface area (Å²) in [7, 11) is 0. The number of hydrogen-bond acceptors (Lipinski definition) is 6. The molecule has 0 atom stereocenters. The van der Waals surface area contributed by atoms with Crippen LogP contribution < -0.4 is 15.5 Å². The molecule has 1 saturated heterocycles. The summed E-state index contributed by atoms with van der Waals surface area (Å²) in [6.07, 6.45) is 7.57. The van der Waals surface area contributed by atoms with Gasteiger partial charge in [-0.15, -0.1) is 0 Å². The van der Waals surface area contributed by atoms with E-state index in [1.165, 1.54) is 5.69 Å². The summed E-state index contributed by atoms with van der Waals surface area (Å²) in [5.74, 6) is 0.0610. The fraction of sp³-hybridized carbons (Fsp3) is 0.550. The Bertz CT molecular complexity index is 798. The molecule has 2 fully saturated rings. The molecule has 2 heterocycles. The van der Waals surface area contributed by atoms with Crippen LogP contribution in [0, 0.1) is 0 Å². The van der Waals surface area contributed by atoms with Crippen LogP contribution in [0.15, 0.2) is 24.5 Å². The van der Waals surface area contributed by atoms with Gasteiger partial charge in [0.15, 0.2) is 0 Å². The van der Waals surface area contributed by atoms with E-state index in [1.807, 2.05) is 0 Å². The molecule has 0 spiro atoms. The molecule has 1 aromatic carbocycles. The molecule has 1 aliphatic heterocycles. The maximum atomic E-state index is 11.3. The molecule has 0 unspecified atom stereocenters. The van der Waals surface area contributed by atoms with Crippen molar-refractivity contribution in [1.29, 1.82) is 0 Å². The molecule has 7 nitrogen and oxygen atoms in total. The number of fused-ring (bicyclic) bond motifs is 1. The summed E-state index contributed by atoms with van der Waals surface area (Å²) >= 11 is 0. The van der Waals surface area contributed by atoms with Crippen molar-refractivity contribution in [2.24, 2.45) is 0 Å². The number of hydrogen-bond donors (Lipinski definition) is 2. The van der Waals surface area contributed by atoms with E-state index in [-0.39, 0.29) is 5.91 Å². The zero-order valence-electron chi connectivity index (χ0n) is 15.8. The fourth-order valence-corrected chi connectivity index (χ4v) is 4.06. The first kappa shape index (κ1) is 18.0. The maximum Gasteiger partial charge on any atom is 0.217 e. The number of amides is 1. The Morgan fingerprint density at radius 3 is 2.52 bits per heavy atom. The molecule has 1 aliphatic carbocycles. The first-order valence-electron chi connectivity index (χ1n) is 9.80. The standard InChI is InChI=1S/C20H27N5O2/c1-14(26)23-15-2-4-16(5-3-15)24-19-13-17(25-8-10-27-11-9-25)12-18-20(19)22-7-6-21-18/h6-7,12-13,15-16,24H,2-5,8-11H2,1H3,(H,23,26)/t15-,16+. The summed E-state index contributed by atoms with van der Waals surface area (Å²) < 4.78 is 5.48. The van der Waals surface area contributed by atoms with Gasteiger partial charge in [0, 0.05) is 50.2 Å². The lowest BCUT2D eigenvalue weighted by Crippen LogP contribution is -2.39. The third-order valence-electron chi connectivity index (χ3n) is 5.43. The van der Waals surface area contributed by atoms with Gasteiger partial charge < -0.3 is 20.3 Å². The molecule has 144 valence electrons. The van der Waals surface area contributed by atoms with E-state index in [1.54, 1.807) is 19.3 Å². The highest BCUT2D eigenvalue weighted by Crippen LogP contribution is 2.30. The van der Waals surface area contributed by atoms with Crippen molar-refractivity contribution in [2.75, 3.05) is 36.5 Å². The maximum absolute atomic E-state index is 11.3. The van der Waals surface area contributed by atoms with Crippen molar-refractivity contribution in [3.63, 3.8) is 0 Å². The number of rotatable bonds is 4. The van der Waals surface area contributed by atoms with Crippen LogP contribution in [-0.4, -0.2) is 54.3 Å². The zero-order valence-corrected chi connectivity index (χ0v) is 15.8. The van der Waals surface area contributed by atoms with E-state index in [4.69, 9.17) is 4.74 Å². The number of nitrogens with zero attached hydrogens (tertiary/aromatic N) is 3. The Kier molecular flexibility index (Phi) is 5.38. The molecule has 0 bridgehead atoms. The highest BCUT2D eigenvalue weighted by Gasteiger charge is 2.23. The van der Waals surface area contributed by atoms with Crippen molar-refractivity contribution in [3.05, 3.63) is 24.5 Å². The quantitative estimate of drug-likeness (QED) is 0.861. The van der Waals surface area contributed by atoms with Crippen LogP contribution in [0.1, 0.15) is 32.6 Å². The second-order valence-corrected chi connectivity index (χ2v) is 7.41. The first-order valence-corrected chi connectivity index (χ1v) is 9.80. The van der Waals surface area contributed by atoms with Gasteiger partial charge in [-0.3, -0.25) is 14.8 Å². The fourth-order valence-electron chi connectivity index (χ4n) is 4.06. The molecule has 0 radical (unpaired) electrons. The van der Waals surface area contributed by atoms with Gasteiger partial charge in [-0.1, -0.05) is 0 Å². The third kappa shape index (κ3) is 4.30. The average Bonchev–Trinajstić information content (AvgIpc) is 2.70. The van der Waals surface area contributed by atoms with Crippen LogP contribution in [0.25, 0.3) is 11.0 Å². The number of aromatic nitrogens is 2. The third-order valence-corrected chi connectivity index (χ3v) is 5.43. The molecule has 7 heteroatoms. The number of nitrogens with one attached hydrogen (secondary N) is 2. The Hall–Kier alpha value is -2.41. The number of carbonyl (C=O) groups excluding carboxylic acids is 1. The number of ether oxygens (including phenoxy) is 1. The Morgan fingerprint density at radius 1 is 1.07 bits per heavy atom. The van der Waals surface area contributed by atoms with Gasteiger partial charge in [0.05, 0.1) is 24.4 Å². The lowest BCUT2D eigenvalue weighted by Gasteiger charge is -2.32. The average molecular weight is 369 g/mol. The van der Waals surface area contributed by atoms with Gasteiger partial charge in [0.25, 0.3) is 0 Å². The van der Waals surface area contributed by atoms with Gasteiger partial charge >= 0.3 is 0 Å². The topological polar surface area (TPSA) is 79.4 Å². The molecule has 2 N–H and O–H groups in total. The zero-order chi connectivity index (χ0) is 18.6. The molecule has 2 aromatic rings. The monoisotopic (exact) mass is 369 g/mol. The van der Waals surface area contributed by atoms with Gasteiger partial charge in [-0.25, -0.2) is 0 Å². The number of benzene rings is 1. The van der Waals surface area contributed by atoms with E-state index in [0.717, 1.165) is 68.7 Å². The second-order valence-electron chi connectivity index (χ2n) is 7.41. The molecule has 1 aromatic heterocycles. The SMILES string of the molecule is CC(=O)N[C@H]1CC[C@@H](Nc2cc(N3CCOCC3)cc3nccnc23)CC1. The van der Waals surface area contributed by atoms with Crippen molar-refractivity contribution in [3.8, 4) is 0 Å². The van der Waals surface area contributed by atoms with Crippen molar-refractivity contribution in [1.82, 2.24) is 15.3 Å². The van der Waals surface area contributed by atoms with Crippen LogP contribution >= 0.6 is 0 Å². The minimum atomic E-state index is 0.0610. The normalized spacial score (nSPS) is 23.2. The van der Waals surface area contributed by atoms with E-state index < -0.39 is 0 Å². The molecular formula is C20H27N5O2. The highest BCUT2D eigenvalue weighted by atomic mass is 16.5. The van der Waals surface area contributed by atoms with Gasteiger partial charge in [-0.05, 0) is 37.8 Å². The van der Waals surface area contributed by atoms with E-state index in [2.05, 4.69) is 37.6 Å². The lowest BCUT2D eigenvalue weighted by atomic mass is 9.91. The van der Waals surface area contributed by atoms with Crippen molar-refractivity contribution in [2.45, 2.75) is 44.7 Å². The second kappa shape index (κ2) is 8.08. The van der Waals surface area contributed by atoms with Gasteiger partial charge in [0.2, 0.25) is 5.91 Å². The molecule has 1 amide bonds. The Morgan fingerprint density at radius 2 is 1.78 bits per heavy atom. The van der Waals surface area contributed by atoms with Gasteiger partial charge in [-0.2, -0.15) is 0 Å². The minimum Gasteiger partial charge on any atom is -0.380 e. The summed E-state index contributed by atoms with van der Waals surface area (Å²) in [6.45, 7) is 4.90. The lowest BCUT2D eigenvalue weighted by molar-refractivity contribution is -0.119. The van der Waals surface area contributed by atoms with Crippen LogP contribution in [0.4, 0.5) is 11.4 Å². The first-order chi connectivity index (χ1) is 13.2. The van der Waals surface area contributed by atoms with Crippen molar-refractivity contribution < 1.29 is 9.53 Å². The molecular weight excluding hydrogens is 342 g/mol. The predicted molar refractivity (Wildman–Crippen MR) is 106 cm³/mol. The number of anilines is 2. The Labute approximate surface area is 159 Å². The summed E-state index contributed by atoms with van der Waals surface area (Å²) in [5.41, 5.74) is 4.04. The van der Waals surface area contributed by atoms with E-state index in [9.17, 15) is 4.79 Å². The predicted octanol–water partition coefficient (Wildman–Crippen LogP) is 2.33.